The van der Waals surface area contributed by atoms with Crippen molar-refractivity contribution < 1.29 is 32.0 Å². The Hall–Kier alpha value is -2.19. The molecule has 140 valence electrons. The summed E-state index contributed by atoms with van der Waals surface area (Å²) >= 11 is -1.77. The number of ether oxygens (including phenoxy) is 2. The van der Waals surface area contributed by atoms with Gasteiger partial charge in [-0.3, -0.25) is 0 Å². The van der Waals surface area contributed by atoms with Crippen molar-refractivity contribution in [2.45, 2.75) is 35.9 Å². The first-order valence-corrected chi connectivity index (χ1v) is 8.89. The second-order valence-electron chi connectivity index (χ2n) is 5.28. The molecule has 8 heteroatoms. The lowest BCUT2D eigenvalue weighted by Gasteiger charge is -2.15. The van der Waals surface area contributed by atoms with Crippen molar-refractivity contribution in [3.63, 3.8) is 0 Å². The highest BCUT2D eigenvalue weighted by Gasteiger charge is 2.32. The van der Waals surface area contributed by atoms with Crippen LogP contribution in [0.2, 0.25) is 0 Å². The van der Waals surface area contributed by atoms with Gasteiger partial charge in [0.2, 0.25) is 0 Å². The van der Waals surface area contributed by atoms with Gasteiger partial charge in [-0.1, -0.05) is 6.07 Å². The first kappa shape index (κ1) is 20.1. The van der Waals surface area contributed by atoms with Crippen LogP contribution in [0.1, 0.15) is 19.4 Å². The van der Waals surface area contributed by atoms with Gasteiger partial charge in [0, 0.05) is 17.2 Å². The second kappa shape index (κ2) is 8.46. The molecular weight excluding hydrogens is 369 g/mol. The van der Waals surface area contributed by atoms with Gasteiger partial charge in [0.05, 0.1) is 12.2 Å². The fourth-order valence-electron chi connectivity index (χ4n) is 2.08. The maximum atomic E-state index is 12.8. The predicted molar refractivity (Wildman–Crippen MR) is 89.3 cm³/mol. The molecule has 2 unspecified atom stereocenters. The summed E-state index contributed by atoms with van der Waals surface area (Å²) < 4.78 is 61.0. The Morgan fingerprint density at radius 1 is 1.15 bits per heavy atom. The molecule has 2 aromatic rings. The summed E-state index contributed by atoms with van der Waals surface area (Å²) in [7, 11) is 0. The Balaban J connectivity index is 2.12. The molecule has 0 aliphatic rings. The number of hydrogen-bond donors (Lipinski definition) is 0. The lowest BCUT2D eigenvalue weighted by atomic mass is 10.2. The molecule has 0 amide bonds. The number of carbonyl (C=O) groups is 1. The molecule has 4 nitrogen and oxygen atoms in total. The van der Waals surface area contributed by atoms with Crippen LogP contribution in [0.5, 0.6) is 5.75 Å². The molecule has 0 fully saturated rings. The van der Waals surface area contributed by atoms with Crippen LogP contribution in [0.3, 0.4) is 0 Å². The molecule has 0 spiro atoms. The van der Waals surface area contributed by atoms with E-state index in [9.17, 15) is 22.5 Å². The van der Waals surface area contributed by atoms with E-state index in [-0.39, 0.29) is 11.5 Å². The number of alkyl halides is 3. The molecule has 2 aromatic carbocycles. The number of esters is 1. The fraction of sp³-hybridized carbons (Fsp3) is 0.278. The predicted octanol–water partition coefficient (Wildman–Crippen LogP) is 4.20. The highest BCUT2D eigenvalue weighted by atomic mass is 32.2. The number of halogens is 3. The van der Waals surface area contributed by atoms with E-state index in [2.05, 4.69) is 0 Å². The highest BCUT2D eigenvalue weighted by molar-refractivity contribution is 7.91. The molecule has 26 heavy (non-hydrogen) atoms. The average Bonchev–Trinajstić information content (AvgIpc) is 2.61. The van der Waals surface area contributed by atoms with Crippen molar-refractivity contribution in [1.29, 1.82) is 0 Å². The monoisotopic (exact) mass is 386 g/mol. The lowest BCUT2D eigenvalue weighted by molar-refractivity contribution is -0.150. The van der Waals surface area contributed by atoms with Crippen molar-refractivity contribution in [2.75, 3.05) is 6.61 Å². The molecule has 0 heterocycles. The summed E-state index contributed by atoms with van der Waals surface area (Å²) in [6.07, 6.45) is -5.31. The van der Waals surface area contributed by atoms with Gasteiger partial charge in [-0.05, 0) is 50.2 Å². The van der Waals surface area contributed by atoms with Crippen LogP contribution in [0.25, 0.3) is 0 Å². The number of carbonyl (C=O) groups excluding carboxylic acids is 1. The Kier molecular flexibility index (Phi) is 6.55. The smallest absolute Gasteiger partial charge is 0.416 e. The van der Waals surface area contributed by atoms with Crippen LogP contribution in [-0.2, 0) is 26.9 Å². The van der Waals surface area contributed by atoms with E-state index >= 15 is 0 Å². The molecule has 0 N–H and O–H groups in total. The molecule has 0 bridgehead atoms. The van der Waals surface area contributed by atoms with Gasteiger partial charge >= 0.3 is 12.1 Å². The standard InChI is InChI=1S/C18H17F3O4S/c1-3-24-17(22)12(2)25-14-7-9-15(10-8-14)26(23)16-6-4-5-13(11-16)18(19,20)21/h4-12H,3H2,1-2H3. The number of hydrogen-bond acceptors (Lipinski definition) is 4. The van der Waals surface area contributed by atoms with Gasteiger partial charge in [0.1, 0.15) is 5.75 Å². The van der Waals surface area contributed by atoms with Crippen LogP contribution in [-0.4, -0.2) is 23.2 Å². The molecule has 0 aromatic heterocycles. The normalized spacial score (nSPS) is 13.8. The van der Waals surface area contributed by atoms with E-state index in [0.717, 1.165) is 12.1 Å². The number of benzene rings is 2. The van der Waals surface area contributed by atoms with Crippen molar-refractivity contribution in [2.24, 2.45) is 0 Å². The zero-order valence-electron chi connectivity index (χ0n) is 14.1. The Labute approximate surface area is 152 Å². The topological polar surface area (TPSA) is 58.6 Å². The summed E-state index contributed by atoms with van der Waals surface area (Å²) in [5.74, 6) is -0.153. The first-order valence-electron chi connectivity index (χ1n) is 7.74. The van der Waals surface area contributed by atoms with E-state index in [4.69, 9.17) is 9.47 Å². The summed E-state index contributed by atoms with van der Waals surface area (Å²) in [6.45, 7) is 3.46. The van der Waals surface area contributed by atoms with Crippen LogP contribution >= 0.6 is 0 Å². The van der Waals surface area contributed by atoms with Crippen molar-refractivity contribution in [1.82, 2.24) is 0 Å². The third kappa shape index (κ3) is 5.15. The molecule has 0 saturated carbocycles. The van der Waals surface area contributed by atoms with Gasteiger partial charge < -0.3 is 14.0 Å². The average molecular weight is 386 g/mol. The molecule has 2 atom stereocenters. The molecule has 0 aliphatic carbocycles. The summed E-state index contributed by atoms with van der Waals surface area (Å²) in [6, 6.07) is 10.3. The van der Waals surface area contributed by atoms with Gasteiger partial charge in [-0.15, -0.1) is 0 Å². The quantitative estimate of drug-likeness (QED) is 0.551. The minimum Gasteiger partial charge on any atom is -0.606 e. The maximum Gasteiger partial charge on any atom is 0.416 e. The summed E-state index contributed by atoms with van der Waals surface area (Å²) in [5.41, 5.74) is -0.855. The second-order valence-corrected chi connectivity index (χ2v) is 6.76. The van der Waals surface area contributed by atoms with Crippen molar-refractivity contribution in [3.8, 4) is 5.75 Å². The maximum absolute atomic E-state index is 12.8. The van der Waals surface area contributed by atoms with Crippen LogP contribution in [0, 0.1) is 0 Å². The van der Waals surface area contributed by atoms with E-state index in [1.54, 1.807) is 6.92 Å². The lowest BCUT2D eigenvalue weighted by Crippen LogP contribution is -2.26. The first-order chi connectivity index (χ1) is 12.2. The summed E-state index contributed by atoms with van der Waals surface area (Å²) in [4.78, 5) is 11.9. The zero-order chi connectivity index (χ0) is 19.3. The van der Waals surface area contributed by atoms with E-state index in [1.807, 2.05) is 0 Å². The molecule has 0 saturated heterocycles. The largest absolute Gasteiger partial charge is 0.606 e. The highest BCUT2D eigenvalue weighted by Crippen LogP contribution is 2.32. The number of rotatable bonds is 6. The Bertz CT molecular complexity index is 747. The van der Waals surface area contributed by atoms with Crippen molar-refractivity contribution in [3.05, 3.63) is 54.1 Å². The minimum absolute atomic E-state index is 0.0494. The van der Waals surface area contributed by atoms with Crippen LogP contribution in [0.4, 0.5) is 13.2 Å². The molecule has 0 aliphatic heterocycles. The van der Waals surface area contributed by atoms with Gasteiger partial charge in [0.25, 0.3) is 0 Å². The molecule has 0 radical (unpaired) electrons. The zero-order valence-corrected chi connectivity index (χ0v) is 14.9. The Morgan fingerprint density at radius 3 is 2.38 bits per heavy atom. The van der Waals surface area contributed by atoms with Gasteiger partial charge in [0.15, 0.2) is 15.9 Å². The Morgan fingerprint density at radius 2 is 1.81 bits per heavy atom. The third-order valence-electron chi connectivity index (χ3n) is 3.34. The van der Waals surface area contributed by atoms with Crippen LogP contribution < -0.4 is 4.74 Å². The van der Waals surface area contributed by atoms with Crippen molar-refractivity contribution >= 4 is 17.1 Å². The summed E-state index contributed by atoms with van der Waals surface area (Å²) in [5, 5.41) is 0. The SMILES string of the molecule is CCOC(=O)C(C)Oc1ccc([S+]([O-])c2cccc(C(F)(F)F)c2)cc1. The van der Waals surface area contributed by atoms with E-state index in [0.29, 0.717) is 10.6 Å². The molecule has 2 rings (SSSR count). The van der Waals surface area contributed by atoms with E-state index < -0.39 is 35.0 Å². The van der Waals surface area contributed by atoms with E-state index in [1.165, 1.54) is 43.3 Å². The minimum atomic E-state index is -4.50. The third-order valence-corrected chi connectivity index (χ3v) is 4.73. The molecular formula is C18H17F3O4S. The fourth-order valence-corrected chi connectivity index (χ4v) is 3.17. The van der Waals surface area contributed by atoms with Crippen LogP contribution in [0.15, 0.2) is 58.3 Å². The van der Waals surface area contributed by atoms with Gasteiger partial charge in [-0.2, -0.15) is 13.2 Å². The van der Waals surface area contributed by atoms with Gasteiger partial charge in [-0.25, -0.2) is 4.79 Å².